The molecule has 2 aliphatic rings. The molecule has 3 aromatic rings. The zero-order valence-corrected chi connectivity index (χ0v) is 20.9. The van der Waals surface area contributed by atoms with Crippen LogP contribution in [0.15, 0.2) is 52.7 Å². The highest BCUT2D eigenvalue weighted by Crippen LogP contribution is 2.48. The Labute approximate surface area is 214 Å². The van der Waals surface area contributed by atoms with Gasteiger partial charge in [-0.1, -0.05) is 24.6 Å². The SMILES string of the molecule is CCCNC[C@]1(O)CC2=C(c3ccn(C(F)F)n3)[C@H](c3ccc(F)cc3Cl)N=C(c3nccs3)N2C1. The highest BCUT2D eigenvalue weighted by Gasteiger charge is 2.47. The number of fused-ring (bicyclic) bond motifs is 1. The largest absolute Gasteiger partial charge is 0.386 e. The van der Waals surface area contributed by atoms with Crippen molar-refractivity contribution in [2.24, 2.45) is 4.99 Å². The van der Waals surface area contributed by atoms with Crippen LogP contribution in [0.1, 0.15) is 48.6 Å². The van der Waals surface area contributed by atoms with Crippen molar-refractivity contribution in [2.75, 3.05) is 19.6 Å². The molecular formula is C24H24ClF3N6OS. The molecule has 7 nitrogen and oxygen atoms in total. The fourth-order valence-corrected chi connectivity index (χ4v) is 5.57. The second-order valence-electron chi connectivity index (χ2n) is 8.84. The number of hydrogen-bond acceptors (Lipinski definition) is 7. The minimum Gasteiger partial charge on any atom is -0.386 e. The maximum atomic E-state index is 13.9. The van der Waals surface area contributed by atoms with Gasteiger partial charge in [-0.25, -0.2) is 14.1 Å². The summed E-state index contributed by atoms with van der Waals surface area (Å²) in [6, 6.07) is 4.74. The summed E-state index contributed by atoms with van der Waals surface area (Å²) in [4.78, 5) is 11.3. The summed E-state index contributed by atoms with van der Waals surface area (Å²) in [5.74, 6) is 0.0348. The van der Waals surface area contributed by atoms with Crippen molar-refractivity contribution < 1.29 is 18.3 Å². The molecule has 190 valence electrons. The van der Waals surface area contributed by atoms with Crippen LogP contribution in [-0.4, -0.2) is 55.8 Å². The number of thiazole rings is 1. The van der Waals surface area contributed by atoms with Crippen molar-refractivity contribution in [3.8, 4) is 0 Å². The number of halogens is 4. The first-order valence-electron chi connectivity index (χ1n) is 11.5. The van der Waals surface area contributed by atoms with Gasteiger partial charge in [-0.05, 0) is 31.2 Å². The summed E-state index contributed by atoms with van der Waals surface area (Å²) in [7, 11) is 0. The van der Waals surface area contributed by atoms with Gasteiger partial charge in [0.2, 0.25) is 0 Å². The average Bonchev–Trinajstić information content (AvgIpc) is 3.58. The molecule has 0 bridgehead atoms. The van der Waals surface area contributed by atoms with Gasteiger partial charge in [-0.15, -0.1) is 11.3 Å². The molecule has 0 unspecified atom stereocenters. The Kier molecular flexibility index (Phi) is 6.90. The fourth-order valence-electron chi connectivity index (χ4n) is 4.66. The Morgan fingerprint density at radius 1 is 1.33 bits per heavy atom. The normalized spacial score (nSPS) is 21.9. The number of aromatic nitrogens is 3. The van der Waals surface area contributed by atoms with Gasteiger partial charge in [0.25, 0.3) is 0 Å². The molecule has 0 aliphatic carbocycles. The van der Waals surface area contributed by atoms with E-state index in [1.165, 1.54) is 41.8 Å². The zero-order chi connectivity index (χ0) is 25.4. The predicted octanol–water partition coefficient (Wildman–Crippen LogP) is 4.88. The van der Waals surface area contributed by atoms with E-state index < -0.39 is 24.0 Å². The summed E-state index contributed by atoms with van der Waals surface area (Å²) in [6.07, 6.45) is 4.01. The van der Waals surface area contributed by atoms with Gasteiger partial charge in [-0.3, -0.25) is 4.99 Å². The Hall–Kier alpha value is -2.73. The van der Waals surface area contributed by atoms with Crippen molar-refractivity contribution >= 4 is 34.3 Å². The Bertz CT molecular complexity index is 1310. The first-order valence-corrected chi connectivity index (χ1v) is 12.8. The van der Waals surface area contributed by atoms with Gasteiger partial charge in [0.1, 0.15) is 17.5 Å². The minimum absolute atomic E-state index is 0.153. The molecule has 4 heterocycles. The van der Waals surface area contributed by atoms with Gasteiger partial charge in [0, 0.05) is 52.6 Å². The molecule has 1 aromatic carbocycles. The van der Waals surface area contributed by atoms with Gasteiger partial charge in [-0.2, -0.15) is 13.9 Å². The molecule has 0 spiro atoms. The molecule has 12 heteroatoms. The van der Waals surface area contributed by atoms with E-state index in [1.54, 1.807) is 6.20 Å². The molecule has 2 aromatic heterocycles. The van der Waals surface area contributed by atoms with E-state index in [4.69, 9.17) is 16.6 Å². The topological polar surface area (TPSA) is 78.6 Å². The van der Waals surface area contributed by atoms with Crippen LogP contribution < -0.4 is 5.32 Å². The van der Waals surface area contributed by atoms with E-state index in [9.17, 15) is 18.3 Å². The van der Waals surface area contributed by atoms with Crippen molar-refractivity contribution in [3.05, 3.63) is 74.8 Å². The molecule has 0 amide bonds. The molecule has 0 saturated carbocycles. The molecule has 2 atom stereocenters. The summed E-state index contributed by atoms with van der Waals surface area (Å²) < 4.78 is 41.3. The summed E-state index contributed by atoms with van der Waals surface area (Å²) in [5.41, 5.74) is 0.880. The third-order valence-corrected chi connectivity index (χ3v) is 7.31. The van der Waals surface area contributed by atoms with Crippen LogP contribution in [0.25, 0.3) is 5.57 Å². The summed E-state index contributed by atoms with van der Waals surface area (Å²) >= 11 is 7.86. The van der Waals surface area contributed by atoms with E-state index in [2.05, 4.69) is 15.4 Å². The lowest BCUT2D eigenvalue weighted by atomic mass is 9.91. The number of hydrogen-bond donors (Lipinski definition) is 2. The van der Waals surface area contributed by atoms with Crippen molar-refractivity contribution in [1.29, 1.82) is 0 Å². The highest BCUT2D eigenvalue weighted by molar-refractivity contribution is 7.11. The number of aliphatic imine (C=N–C) groups is 1. The molecule has 0 radical (unpaired) electrons. The fraction of sp³-hybridized carbons (Fsp3) is 0.375. The molecule has 36 heavy (non-hydrogen) atoms. The van der Waals surface area contributed by atoms with E-state index in [0.717, 1.165) is 13.0 Å². The van der Waals surface area contributed by atoms with Crippen LogP contribution >= 0.6 is 22.9 Å². The standard InChI is InChI=1S/C24H24ClF3N6OS/c1-2-6-29-12-24(35)11-18-19(17-5-8-34(32-17)23(27)28)20(15-4-3-14(26)10-16(15)25)31-21(33(18)13-24)22-30-7-9-36-22/h3-5,7-10,20,23,29,35H,2,6,11-13H2,1H3/t20-,24+/m0/s1. The molecule has 2 N–H and O–H groups in total. The van der Waals surface area contributed by atoms with Crippen LogP contribution in [0, 0.1) is 5.82 Å². The van der Waals surface area contributed by atoms with Gasteiger partial charge in [0.05, 0.1) is 12.2 Å². The molecule has 5 rings (SSSR count). The van der Waals surface area contributed by atoms with Crippen molar-refractivity contribution in [1.82, 2.24) is 25.0 Å². The Morgan fingerprint density at radius 2 is 2.17 bits per heavy atom. The van der Waals surface area contributed by atoms with E-state index in [-0.39, 0.29) is 23.7 Å². The van der Waals surface area contributed by atoms with E-state index >= 15 is 0 Å². The first-order chi connectivity index (χ1) is 17.3. The molecule has 2 aliphatic heterocycles. The number of nitrogens with one attached hydrogen (secondary N) is 1. The quantitative estimate of drug-likeness (QED) is 0.401. The van der Waals surface area contributed by atoms with Gasteiger partial charge >= 0.3 is 6.55 Å². The molecule has 1 saturated heterocycles. The summed E-state index contributed by atoms with van der Waals surface area (Å²) in [6.45, 7) is 0.547. The van der Waals surface area contributed by atoms with Crippen molar-refractivity contribution in [2.45, 2.75) is 38.0 Å². The molecule has 1 fully saturated rings. The zero-order valence-electron chi connectivity index (χ0n) is 19.3. The maximum Gasteiger partial charge on any atom is 0.333 e. The van der Waals surface area contributed by atoms with Crippen LogP contribution in [0.5, 0.6) is 0 Å². The second-order valence-corrected chi connectivity index (χ2v) is 10.1. The third-order valence-electron chi connectivity index (χ3n) is 6.21. The predicted molar refractivity (Wildman–Crippen MR) is 133 cm³/mol. The monoisotopic (exact) mass is 536 g/mol. The van der Waals surface area contributed by atoms with Crippen LogP contribution in [0.4, 0.5) is 13.2 Å². The van der Waals surface area contributed by atoms with Crippen LogP contribution in [0.3, 0.4) is 0 Å². The summed E-state index contributed by atoms with van der Waals surface area (Å²) in [5, 5.41) is 21.5. The smallest absolute Gasteiger partial charge is 0.333 e. The van der Waals surface area contributed by atoms with Crippen LogP contribution in [-0.2, 0) is 0 Å². The van der Waals surface area contributed by atoms with Crippen LogP contribution in [0.2, 0.25) is 5.02 Å². The average molecular weight is 537 g/mol. The second kappa shape index (κ2) is 9.97. The Balaban J connectivity index is 1.69. The number of amidine groups is 1. The number of nitrogens with zero attached hydrogens (tertiary/aromatic N) is 5. The number of benzene rings is 1. The van der Waals surface area contributed by atoms with E-state index in [0.29, 0.717) is 38.9 Å². The Morgan fingerprint density at radius 3 is 2.83 bits per heavy atom. The van der Waals surface area contributed by atoms with Gasteiger partial charge in [0.15, 0.2) is 10.8 Å². The minimum atomic E-state index is -2.81. The highest BCUT2D eigenvalue weighted by atomic mass is 35.5. The molecular weight excluding hydrogens is 513 g/mol. The van der Waals surface area contributed by atoms with E-state index in [1.807, 2.05) is 17.2 Å². The maximum absolute atomic E-state index is 13.9. The van der Waals surface area contributed by atoms with Gasteiger partial charge < -0.3 is 15.3 Å². The number of alkyl halides is 2. The first kappa shape index (κ1) is 24.9. The third kappa shape index (κ3) is 4.68. The number of rotatable bonds is 8. The lowest BCUT2D eigenvalue weighted by Crippen LogP contribution is -2.44. The van der Waals surface area contributed by atoms with Crippen molar-refractivity contribution in [3.63, 3.8) is 0 Å². The lowest BCUT2D eigenvalue weighted by molar-refractivity contribution is 0.0556. The number of aliphatic hydroxyl groups is 1. The lowest BCUT2D eigenvalue weighted by Gasteiger charge is -2.32.